The number of anilines is 1. The van der Waals surface area contributed by atoms with E-state index in [-0.39, 0.29) is 5.91 Å². The van der Waals surface area contributed by atoms with Crippen LogP contribution in [0.1, 0.15) is 10.5 Å². The van der Waals surface area contributed by atoms with Crippen molar-refractivity contribution in [2.45, 2.75) is 0 Å². The van der Waals surface area contributed by atoms with Gasteiger partial charge < -0.3 is 11.1 Å². The molecule has 16 heavy (non-hydrogen) atoms. The van der Waals surface area contributed by atoms with Crippen LogP contribution in [-0.4, -0.2) is 27.7 Å². The molecule has 0 spiro atoms. The Morgan fingerprint density at radius 2 is 2.25 bits per heavy atom. The number of amides is 1. The summed E-state index contributed by atoms with van der Waals surface area (Å²) in [6.45, 7) is 0. The van der Waals surface area contributed by atoms with Gasteiger partial charge in [0.25, 0.3) is 5.91 Å². The number of hydrogen-bond acceptors (Lipinski definition) is 4. The van der Waals surface area contributed by atoms with Crippen molar-refractivity contribution >= 4 is 11.7 Å². The van der Waals surface area contributed by atoms with E-state index in [1.54, 1.807) is 37.5 Å². The lowest BCUT2D eigenvalue weighted by Crippen LogP contribution is -2.18. The summed E-state index contributed by atoms with van der Waals surface area (Å²) in [4.78, 5) is 15.4. The number of nitrogens with two attached hydrogens (primary N) is 1. The predicted molar refractivity (Wildman–Crippen MR) is 59.2 cm³/mol. The van der Waals surface area contributed by atoms with Crippen molar-refractivity contribution in [3.8, 4) is 5.82 Å². The van der Waals surface area contributed by atoms with Gasteiger partial charge in [-0.1, -0.05) is 6.07 Å². The lowest BCUT2D eigenvalue weighted by molar-refractivity contribution is 0.0957. The molecule has 0 fully saturated rings. The van der Waals surface area contributed by atoms with Gasteiger partial charge in [-0.2, -0.15) is 5.10 Å². The van der Waals surface area contributed by atoms with Gasteiger partial charge in [-0.25, -0.2) is 9.67 Å². The van der Waals surface area contributed by atoms with E-state index in [2.05, 4.69) is 15.4 Å². The fourth-order valence-corrected chi connectivity index (χ4v) is 1.27. The standard InChI is InChI=1S/C10H11N5O/c1-12-10(16)7-5-6-15(14-7)9-4-2-3-8(11)13-9/h2-6H,1H3,(H2,11,13)(H,12,16). The Balaban J connectivity index is 2.35. The molecule has 2 heterocycles. The zero-order valence-electron chi connectivity index (χ0n) is 8.71. The van der Waals surface area contributed by atoms with Crippen molar-refractivity contribution in [3.05, 3.63) is 36.2 Å². The third-order valence-electron chi connectivity index (χ3n) is 2.04. The van der Waals surface area contributed by atoms with Crippen LogP contribution < -0.4 is 11.1 Å². The highest BCUT2D eigenvalue weighted by Gasteiger charge is 2.08. The van der Waals surface area contributed by atoms with Gasteiger partial charge in [0, 0.05) is 13.2 Å². The first-order valence-electron chi connectivity index (χ1n) is 4.71. The van der Waals surface area contributed by atoms with Gasteiger partial charge in [-0.15, -0.1) is 0 Å². The lowest BCUT2D eigenvalue weighted by atomic mass is 10.4. The number of aromatic nitrogens is 3. The summed E-state index contributed by atoms with van der Waals surface area (Å²) >= 11 is 0. The van der Waals surface area contributed by atoms with Gasteiger partial charge in [0.1, 0.15) is 5.82 Å². The SMILES string of the molecule is CNC(=O)c1ccn(-c2cccc(N)n2)n1. The van der Waals surface area contributed by atoms with Gasteiger partial charge in [-0.3, -0.25) is 4.79 Å². The first-order chi connectivity index (χ1) is 7.70. The van der Waals surface area contributed by atoms with Crippen molar-refractivity contribution in [1.82, 2.24) is 20.1 Å². The molecular weight excluding hydrogens is 206 g/mol. The zero-order chi connectivity index (χ0) is 11.5. The van der Waals surface area contributed by atoms with Crippen LogP contribution in [0.2, 0.25) is 0 Å². The van der Waals surface area contributed by atoms with Crippen LogP contribution in [0, 0.1) is 0 Å². The molecule has 82 valence electrons. The highest BCUT2D eigenvalue weighted by Crippen LogP contribution is 2.06. The summed E-state index contributed by atoms with van der Waals surface area (Å²) < 4.78 is 1.50. The van der Waals surface area contributed by atoms with E-state index in [0.717, 1.165) is 0 Å². The molecule has 0 atom stereocenters. The second kappa shape index (κ2) is 4.01. The average molecular weight is 217 g/mol. The molecule has 0 unspecified atom stereocenters. The maximum absolute atomic E-state index is 11.3. The smallest absolute Gasteiger partial charge is 0.271 e. The third kappa shape index (κ3) is 1.85. The minimum absolute atomic E-state index is 0.234. The molecule has 0 radical (unpaired) electrons. The van der Waals surface area contributed by atoms with Crippen LogP contribution in [0.4, 0.5) is 5.82 Å². The summed E-state index contributed by atoms with van der Waals surface area (Å²) in [5.41, 5.74) is 5.90. The minimum atomic E-state index is -0.234. The molecule has 0 aliphatic carbocycles. The first kappa shape index (κ1) is 10.2. The van der Waals surface area contributed by atoms with Crippen molar-refractivity contribution in [2.24, 2.45) is 0 Å². The Hall–Kier alpha value is -2.37. The highest BCUT2D eigenvalue weighted by molar-refractivity contribution is 5.91. The summed E-state index contributed by atoms with van der Waals surface area (Å²) in [6, 6.07) is 6.84. The second-order valence-electron chi connectivity index (χ2n) is 3.15. The molecule has 0 saturated heterocycles. The van der Waals surface area contributed by atoms with Crippen molar-refractivity contribution in [1.29, 1.82) is 0 Å². The summed E-state index contributed by atoms with van der Waals surface area (Å²) in [5.74, 6) is 0.757. The molecule has 0 bridgehead atoms. The zero-order valence-corrected chi connectivity index (χ0v) is 8.71. The van der Waals surface area contributed by atoms with Crippen LogP contribution in [-0.2, 0) is 0 Å². The molecule has 6 heteroatoms. The van der Waals surface area contributed by atoms with Crippen LogP contribution in [0.15, 0.2) is 30.5 Å². The fourth-order valence-electron chi connectivity index (χ4n) is 1.27. The molecule has 3 N–H and O–H groups in total. The Kier molecular flexibility index (Phi) is 2.55. The number of carbonyl (C=O) groups excluding carboxylic acids is 1. The van der Waals surface area contributed by atoms with Crippen molar-refractivity contribution in [2.75, 3.05) is 12.8 Å². The molecular formula is C10H11N5O. The predicted octanol–water partition coefficient (Wildman–Crippen LogP) is 0.209. The Labute approximate surface area is 92.1 Å². The first-order valence-corrected chi connectivity index (χ1v) is 4.71. The summed E-state index contributed by atoms with van der Waals surface area (Å²) in [5, 5.41) is 6.58. The van der Waals surface area contributed by atoms with Gasteiger partial charge >= 0.3 is 0 Å². The second-order valence-corrected chi connectivity index (χ2v) is 3.15. The number of nitrogens with zero attached hydrogens (tertiary/aromatic N) is 3. The largest absolute Gasteiger partial charge is 0.384 e. The van der Waals surface area contributed by atoms with E-state index in [0.29, 0.717) is 17.3 Å². The van der Waals surface area contributed by atoms with E-state index in [1.807, 2.05) is 0 Å². The average Bonchev–Trinajstić information content (AvgIpc) is 2.77. The highest BCUT2D eigenvalue weighted by atomic mass is 16.1. The number of rotatable bonds is 2. The summed E-state index contributed by atoms with van der Waals surface area (Å²) in [7, 11) is 1.56. The number of pyridine rings is 1. The maximum atomic E-state index is 11.3. The van der Waals surface area contributed by atoms with Crippen LogP contribution >= 0.6 is 0 Å². The van der Waals surface area contributed by atoms with Crippen molar-refractivity contribution < 1.29 is 4.79 Å². The van der Waals surface area contributed by atoms with E-state index >= 15 is 0 Å². The van der Waals surface area contributed by atoms with Gasteiger partial charge in [0.15, 0.2) is 11.5 Å². The number of carbonyl (C=O) groups is 1. The van der Waals surface area contributed by atoms with E-state index in [4.69, 9.17) is 5.73 Å². The Morgan fingerprint density at radius 1 is 1.44 bits per heavy atom. The number of nitrogen functional groups attached to an aromatic ring is 1. The van der Waals surface area contributed by atoms with Crippen molar-refractivity contribution in [3.63, 3.8) is 0 Å². The molecule has 6 nitrogen and oxygen atoms in total. The monoisotopic (exact) mass is 217 g/mol. The van der Waals surface area contributed by atoms with Crippen LogP contribution in [0.3, 0.4) is 0 Å². The normalized spacial score (nSPS) is 10.1. The van der Waals surface area contributed by atoms with Gasteiger partial charge in [0.05, 0.1) is 0 Å². The van der Waals surface area contributed by atoms with E-state index in [9.17, 15) is 4.79 Å². The fraction of sp³-hybridized carbons (Fsp3) is 0.100. The maximum Gasteiger partial charge on any atom is 0.271 e. The molecule has 0 saturated carbocycles. The van der Waals surface area contributed by atoms with Crippen LogP contribution in [0.5, 0.6) is 0 Å². The molecule has 1 amide bonds. The van der Waals surface area contributed by atoms with Gasteiger partial charge in [-0.05, 0) is 18.2 Å². The number of hydrogen-bond donors (Lipinski definition) is 2. The van der Waals surface area contributed by atoms with Crippen LogP contribution in [0.25, 0.3) is 5.82 Å². The molecule has 0 aliphatic heterocycles. The minimum Gasteiger partial charge on any atom is -0.384 e. The third-order valence-corrected chi connectivity index (χ3v) is 2.04. The molecule has 0 aromatic carbocycles. The van der Waals surface area contributed by atoms with E-state index in [1.165, 1.54) is 4.68 Å². The molecule has 0 aliphatic rings. The summed E-state index contributed by atoms with van der Waals surface area (Å²) in [6.07, 6.45) is 1.66. The van der Waals surface area contributed by atoms with E-state index < -0.39 is 0 Å². The lowest BCUT2D eigenvalue weighted by Gasteiger charge is -2.00. The molecule has 2 rings (SSSR count). The molecule has 2 aromatic rings. The Bertz CT molecular complexity index is 519. The van der Waals surface area contributed by atoms with Gasteiger partial charge in [0.2, 0.25) is 0 Å². The topological polar surface area (TPSA) is 85.8 Å². The quantitative estimate of drug-likeness (QED) is 0.752. The Morgan fingerprint density at radius 3 is 2.94 bits per heavy atom. The molecule has 2 aromatic heterocycles. The number of nitrogens with one attached hydrogen (secondary N) is 1.